The van der Waals surface area contributed by atoms with E-state index in [-0.39, 0.29) is 5.75 Å². The molecule has 224 valence electrons. The Morgan fingerprint density at radius 3 is 1.76 bits per heavy atom. The molecule has 0 saturated heterocycles. The van der Waals surface area contributed by atoms with E-state index in [1.54, 1.807) is 0 Å². The van der Waals surface area contributed by atoms with Gasteiger partial charge in [-0.25, -0.2) is 19.8 Å². The minimum atomic E-state index is -5.83. The van der Waals surface area contributed by atoms with Gasteiger partial charge >= 0.3 is 18.5 Å². The van der Waals surface area contributed by atoms with Crippen LogP contribution in [0, 0.1) is 20.8 Å². The number of benzene rings is 2. The van der Waals surface area contributed by atoms with Crippen LogP contribution in [0.4, 0.5) is 45.5 Å². The molecule has 6 nitrogen and oxygen atoms in total. The zero-order valence-electron chi connectivity index (χ0n) is 21.9. The third kappa shape index (κ3) is 8.80. The van der Waals surface area contributed by atoms with Crippen LogP contribution in [-0.4, -0.2) is 45.9 Å². The Morgan fingerprint density at radius 2 is 1.32 bits per heavy atom. The van der Waals surface area contributed by atoms with Crippen LogP contribution in [0.1, 0.15) is 35.0 Å². The molecule has 3 aromatic rings. The van der Waals surface area contributed by atoms with Crippen molar-refractivity contribution in [2.75, 3.05) is 5.43 Å². The lowest BCUT2D eigenvalue weighted by Crippen LogP contribution is -2.53. The second kappa shape index (κ2) is 12.7. The van der Waals surface area contributed by atoms with Crippen molar-refractivity contribution in [2.24, 2.45) is 5.10 Å². The van der Waals surface area contributed by atoms with Gasteiger partial charge in [0.2, 0.25) is 12.1 Å². The summed E-state index contributed by atoms with van der Waals surface area (Å²) >= 11 is 0. The van der Waals surface area contributed by atoms with Crippen LogP contribution in [0.25, 0.3) is 0 Å². The normalized spacial score (nSPS) is 13.4. The Labute approximate surface area is 228 Å². The summed E-state index contributed by atoms with van der Waals surface area (Å²) in [4.78, 5) is 8.32. The summed E-state index contributed by atoms with van der Waals surface area (Å²) in [6.45, 7) is 5.93. The molecule has 3 rings (SSSR count). The minimum absolute atomic E-state index is 0.132. The first kappa shape index (κ1) is 33.3. The second-order valence-corrected chi connectivity index (χ2v) is 8.77. The monoisotopic (exact) mass is 596 g/mol. The number of hydrogen-bond acceptors (Lipinski definition) is 6. The molecule has 0 saturated carbocycles. The van der Waals surface area contributed by atoms with E-state index in [1.807, 2.05) is 19.9 Å². The summed E-state index contributed by atoms with van der Waals surface area (Å²) < 4.78 is 118. The SMILES string of the molecule is Cc1cc(C)nc(NN=Cc2ccc(OC(F)(F)C(C)F)cc2)n1.Cc1ccc(C(O)(C(F)(F)F)C(F)(F)F)cc1. The van der Waals surface area contributed by atoms with Gasteiger partial charge in [-0.3, -0.25) is 0 Å². The number of alkyl halides is 9. The quantitative estimate of drug-likeness (QED) is 0.172. The molecule has 0 aliphatic rings. The van der Waals surface area contributed by atoms with E-state index < -0.39 is 35.8 Å². The molecule has 0 amide bonds. The van der Waals surface area contributed by atoms with Gasteiger partial charge in [0.1, 0.15) is 5.75 Å². The topological polar surface area (TPSA) is 79.6 Å². The van der Waals surface area contributed by atoms with Gasteiger partial charge in [-0.15, -0.1) is 0 Å². The highest BCUT2D eigenvalue weighted by Crippen LogP contribution is 2.49. The lowest BCUT2D eigenvalue weighted by atomic mass is 9.92. The largest absolute Gasteiger partial charge is 0.430 e. The fraction of sp³-hybridized carbons (Fsp3) is 0.346. The minimum Gasteiger partial charge on any atom is -0.430 e. The van der Waals surface area contributed by atoms with E-state index in [0.29, 0.717) is 29.2 Å². The number of nitrogens with one attached hydrogen (secondary N) is 1. The van der Waals surface area contributed by atoms with Crippen molar-refractivity contribution in [2.45, 2.75) is 57.9 Å². The summed E-state index contributed by atoms with van der Waals surface area (Å²) in [5.74, 6) is 0.229. The number of hydrogen-bond donors (Lipinski definition) is 2. The van der Waals surface area contributed by atoms with Crippen LogP contribution >= 0.6 is 0 Å². The van der Waals surface area contributed by atoms with Crippen molar-refractivity contribution in [3.63, 3.8) is 0 Å². The molecule has 15 heteroatoms. The van der Waals surface area contributed by atoms with E-state index >= 15 is 0 Å². The van der Waals surface area contributed by atoms with Crippen LogP contribution in [0.15, 0.2) is 59.7 Å². The molecule has 0 fully saturated rings. The number of aryl methyl sites for hydroxylation is 3. The summed E-state index contributed by atoms with van der Waals surface area (Å²) in [6, 6.07) is 10.8. The van der Waals surface area contributed by atoms with Crippen LogP contribution in [0.3, 0.4) is 0 Å². The van der Waals surface area contributed by atoms with E-state index in [0.717, 1.165) is 30.4 Å². The van der Waals surface area contributed by atoms with Crippen molar-refractivity contribution in [1.29, 1.82) is 0 Å². The predicted octanol–water partition coefficient (Wildman–Crippen LogP) is 7.18. The maximum absolute atomic E-state index is 13.1. The molecule has 1 heterocycles. The van der Waals surface area contributed by atoms with Gasteiger partial charge in [-0.1, -0.05) is 29.8 Å². The zero-order valence-corrected chi connectivity index (χ0v) is 21.9. The Hall–Kier alpha value is -3.88. The molecule has 41 heavy (non-hydrogen) atoms. The van der Waals surface area contributed by atoms with E-state index in [1.165, 1.54) is 37.4 Å². The molecule has 1 aromatic heterocycles. The Kier molecular flexibility index (Phi) is 10.4. The Bertz CT molecular complexity index is 1270. The molecule has 0 aliphatic heterocycles. The number of nitrogens with zero attached hydrogens (tertiary/aromatic N) is 3. The van der Waals surface area contributed by atoms with Crippen LogP contribution in [0.5, 0.6) is 5.75 Å². The van der Waals surface area contributed by atoms with Crippen molar-refractivity contribution < 1.29 is 49.4 Å². The van der Waals surface area contributed by atoms with Crippen molar-refractivity contribution in [3.05, 3.63) is 82.7 Å². The number of rotatable bonds is 7. The van der Waals surface area contributed by atoms with Crippen LogP contribution in [0.2, 0.25) is 0 Å². The summed E-state index contributed by atoms with van der Waals surface area (Å²) in [6.07, 6.45) is -16.5. The van der Waals surface area contributed by atoms with E-state index in [4.69, 9.17) is 5.11 Å². The van der Waals surface area contributed by atoms with E-state index in [9.17, 15) is 39.5 Å². The van der Waals surface area contributed by atoms with Gasteiger partial charge in [-0.2, -0.15) is 40.2 Å². The highest BCUT2D eigenvalue weighted by Gasteiger charge is 2.71. The van der Waals surface area contributed by atoms with Crippen LogP contribution < -0.4 is 10.2 Å². The molecule has 0 spiro atoms. The van der Waals surface area contributed by atoms with Gasteiger partial charge in [0.25, 0.3) is 5.60 Å². The standard InChI is InChI=1S/C16H17F3N4O.C10H8F6O/c1-10-8-11(2)22-15(21-10)23-20-9-13-4-6-14(7-5-13)24-16(18,19)12(3)17;1-6-2-4-7(5-3-6)8(17,9(11,12)13)10(14,15)16/h4-9,12H,1-3H3,(H,21,22,23);2-5,17H,1H3. The molecule has 1 atom stereocenters. The highest BCUT2D eigenvalue weighted by molar-refractivity contribution is 5.80. The molecular weight excluding hydrogens is 571 g/mol. The number of hydrazone groups is 1. The number of aliphatic hydroxyl groups is 1. The first-order chi connectivity index (χ1) is 18.8. The fourth-order valence-electron chi connectivity index (χ4n) is 3.08. The lowest BCUT2D eigenvalue weighted by molar-refractivity contribution is -0.376. The lowest BCUT2D eigenvalue weighted by Gasteiger charge is -2.32. The third-order valence-electron chi connectivity index (χ3n) is 5.25. The smallest absolute Gasteiger partial charge is 0.430 e. The molecular formula is C26H25F9N4O2. The zero-order chi connectivity index (χ0) is 31.2. The van der Waals surface area contributed by atoms with Gasteiger partial charge in [0, 0.05) is 17.0 Å². The molecule has 1 unspecified atom stereocenters. The Balaban J connectivity index is 0.000000305. The average molecular weight is 596 g/mol. The molecule has 0 radical (unpaired) electrons. The molecule has 0 bridgehead atoms. The van der Waals surface area contributed by atoms with Gasteiger partial charge in [0.05, 0.1) is 6.21 Å². The number of ether oxygens (including phenoxy) is 1. The van der Waals surface area contributed by atoms with Crippen molar-refractivity contribution in [3.8, 4) is 5.75 Å². The second-order valence-electron chi connectivity index (χ2n) is 8.77. The maximum Gasteiger partial charge on any atom is 0.430 e. The predicted molar refractivity (Wildman–Crippen MR) is 132 cm³/mol. The summed E-state index contributed by atoms with van der Waals surface area (Å²) in [7, 11) is 0. The number of halogens is 9. The summed E-state index contributed by atoms with van der Waals surface area (Å²) in [5, 5.41) is 13.0. The first-order valence-electron chi connectivity index (χ1n) is 11.6. The number of anilines is 1. The third-order valence-corrected chi connectivity index (χ3v) is 5.25. The summed E-state index contributed by atoms with van der Waals surface area (Å²) in [5.41, 5.74) is -0.656. The Morgan fingerprint density at radius 1 is 0.829 bits per heavy atom. The molecule has 2 aromatic carbocycles. The molecule has 2 N–H and O–H groups in total. The first-order valence-corrected chi connectivity index (χ1v) is 11.6. The fourth-order valence-corrected chi connectivity index (χ4v) is 3.08. The van der Waals surface area contributed by atoms with Crippen LogP contribution in [-0.2, 0) is 5.60 Å². The van der Waals surface area contributed by atoms with Gasteiger partial charge in [-0.05, 0) is 63.6 Å². The van der Waals surface area contributed by atoms with Crippen molar-refractivity contribution >= 4 is 12.2 Å². The van der Waals surface area contributed by atoms with Crippen molar-refractivity contribution in [1.82, 2.24) is 9.97 Å². The average Bonchev–Trinajstić information content (AvgIpc) is 2.83. The highest BCUT2D eigenvalue weighted by atomic mass is 19.4. The van der Waals surface area contributed by atoms with E-state index in [2.05, 4.69) is 25.2 Å². The molecule has 0 aliphatic carbocycles. The maximum atomic E-state index is 13.1. The van der Waals surface area contributed by atoms with Gasteiger partial charge in [0.15, 0.2) is 0 Å². The van der Waals surface area contributed by atoms with Gasteiger partial charge < -0.3 is 9.84 Å². The number of aromatic nitrogens is 2.